The van der Waals surface area contributed by atoms with Gasteiger partial charge in [-0.05, 0) is 50.1 Å². The maximum absolute atomic E-state index is 13.3. The van der Waals surface area contributed by atoms with Crippen molar-refractivity contribution in [3.8, 4) is 0 Å². The van der Waals surface area contributed by atoms with Crippen molar-refractivity contribution in [2.45, 2.75) is 26.8 Å². The molecule has 2 aromatic carbocycles. The molecule has 1 saturated heterocycles. The normalized spacial score (nSPS) is 16.0. The topological polar surface area (TPSA) is 52.8 Å². The molecule has 0 bridgehead atoms. The lowest BCUT2D eigenvalue weighted by Gasteiger charge is -2.41. The highest BCUT2D eigenvalue weighted by Crippen LogP contribution is 2.28. The predicted molar refractivity (Wildman–Crippen MR) is 116 cm³/mol. The van der Waals surface area contributed by atoms with Gasteiger partial charge >= 0.3 is 0 Å². The van der Waals surface area contributed by atoms with Gasteiger partial charge in [-0.3, -0.25) is 9.69 Å². The third-order valence-corrected chi connectivity index (χ3v) is 5.67. The Kier molecular flexibility index (Phi) is 6.57. The maximum Gasteiger partial charge on any atom is 0.244 e. The van der Waals surface area contributed by atoms with Gasteiger partial charge in [0, 0.05) is 50.6 Å². The van der Waals surface area contributed by atoms with Gasteiger partial charge in [-0.15, -0.1) is 0 Å². The fraction of sp³-hybridized carbons (Fsp3) is 0.435. The largest absolute Gasteiger partial charge is 0.399 e. The van der Waals surface area contributed by atoms with E-state index in [0.29, 0.717) is 0 Å². The van der Waals surface area contributed by atoms with E-state index >= 15 is 0 Å². The molecule has 150 valence electrons. The summed E-state index contributed by atoms with van der Waals surface area (Å²) in [5.74, 6) is 0.202. The Labute approximate surface area is 168 Å². The molecule has 1 heterocycles. The Morgan fingerprint density at radius 1 is 1.04 bits per heavy atom. The first-order valence-electron chi connectivity index (χ1n) is 10.2. The van der Waals surface area contributed by atoms with Crippen LogP contribution in [0.1, 0.15) is 31.0 Å². The molecule has 0 spiro atoms. The van der Waals surface area contributed by atoms with Crippen molar-refractivity contribution >= 4 is 17.3 Å². The molecule has 0 saturated carbocycles. The fourth-order valence-electron chi connectivity index (χ4n) is 4.11. The minimum absolute atomic E-state index is 0.202. The van der Waals surface area contributed by atoms with Crippen LogP contribution in [0.5, 0.6) is 0 Å². The number of hydrogen-bond acceptors (Lipinski definition) is 4. The molecule has 1 amide bonds. The molecule has 2 N–H and O–H groups in total. The number of carbonyl (C=O) groups excluding carboxylic acids is 1. The fourth-order valence-corrected chi connectivity index (χ4v) is 4.11. The van der Waals surface area contributed by atoms with E-state index in [9.17, 15) is 4.79 Å². The first-order chi connectivity index (χ1) is 13.5. The molecule has 5 heteroatoms. The van der Waals surface area contributed by atoms with Gasteiger partial charge in [0.1, 0.15) is 6.04 Å². The van der Waals surface area contributed by atoms with Crippen molar-refractivity contribution in [2.24, 2.45) is 0 Å². The molecule has 1 aliphatic rings. The number of benzene rings is 2. The Morgan fingerprint density at radius 2 is 1.68 bits per heavy atom. The number of hydrogen-bond donors (Lipinski definition) is 1. The first-order valence-corrected chi connectivity index (χ1v) is 10.2. The summed E-state index contributed by atoms with van der Waals surface area (Å²) in [6.07, 6.45) is 0. The highest BCUT2D eigenvalue weighted by Gasteiger charge is 2.32. The van der Waals surface area contributed by atoms with Crippen LogP contribution >= 0.6 is 0 Å². The molecule has 1 aliphatic heterocycles. The van der Waals surface area contributed by atoms with Crippen LogP contribution in [0.15, 0.2) is 48.5 Å². The van der Waals surface area contributed by atoms with Crippen LogP contribution in [0.25, 0.3) is 0 Å². The summed E-state index contributed by atoms with van der Waals surface area (Å²) in [5.41, 5.74) is 10.2. The summed E-state index contributed by atoms with van der Waals surface area (Å²) in [4.78, 5) is 20.0. The molecule has 1 atom stereocenters. The summed E-state index contributed by atoms with van der Waals surface area (Å²) >= 11 is 0. The molecule has 0 radical (unpaired) electrons. The first kappa shape index (κ1) is 20.2. The van der Waals surface area contributed by atoms with Gasteiger partial charge < -0.3 is 15.5 Å². The van der Waals surface area contributed by atoms with Gasteiger partial charge in [-0.2, -0.15) is 0 Å². The summed E-state index contributed by atoms with van der Waals surface area (Å²) in [6.45, 7) is 11.2. The quantitative estimate of drug-likeness (QED) is 0.781. The Morgan fingerprint density at radius 3 is 2.25 bits per heavy atom. The van der Waals surface area contributed by atoms with Gasteiger partial charge in [-0.25, -0.2) is 0 Å². The van der Waals surface area contributed by atoms with Crippen molar-refractivity contribution in [2.75, 3.05) is 49.9 Å². The van der Waals surface area contributed by atoms with Gasteiger partial charge in [0.05, 0.1) is 0 Å². The zero-order valence-corrected chi connectivity index (χ0v) is 17.3. The number of anilines is 2. The van der Waals surface area contributed by atoms with E-state index < -0.39 is 0 Å². The van der Waals surface area contributed by atoms with E-state index in [2.05, 4.69) is 34.9 Å². The molecule has 2 aromatic rings. The predicted octanol–water partition coefficient (Wildman–Crippen LogP) is 3.31. The summed E-state index contributed by atoms with van der Waals surface area (Å²) < 4.78 is 0. The molecule has 28 heavy (non-hydrogen) atoms. The average molecular weight is 381 g/mol. The molecular formula is C23H32N4O. The number of aryl methyl sites for hydroxylation is 1. The zero-order valence-electron chi connectivity index (χ0n) is 17.3. The highest BCUT2D eigenvalue weighted by atomic mass is 16.2. The van der Waals surface area contributed by atoms with Crippen molar-refractivity contribution in [1.29, 1.82) is 0 Å². The number of carbonyl (C=O) groups is 1. The van der Waals surface area contributed by atoms with E-state index in [-0.39, 0.29) is 11.9 Å². The molecule has 1 fully saturated rings. The Bertz CT molecular complexity index is 780. The van der Waals surface area contributed by atoms with Crippen LogP contribution in [0.2, 0.25) is 0 Å². The third kappa shape index (κ3) is 4.30. The van der Waals surface area contributed by atoms with E-state index in [1.54, 1.807) is 0 Å². The summed E-state index contributed by atoms with van der Waals surface area (Å²) in [5, 5.41) is 0. The van der Waals surface area contributed by atoms with E-state index in [1.165, 1.54) is 11.3 Å². The monoisotopic (exact) mass is 380 g/mol. The van der Waals surface area contributed by atoms with E-state index in [0.717, 1.165) is 50.5 Å². The summed E-state index contributed by atoms with van der Waals surface area (Å²) in [6, 6.07) is 16.1. The third-order valence-electron chi connectivity index (χ3n) is 5.67. The van der Waals surface area contributed by atoms with Gasteiger partial charge in [0.15, 0.2) is 0 Å². The molecule has 1 unspecified atom stereocenters. The second-order valence-corrected chi connectivity index (χ2v) is 7.39. The van der Waals surface area contributed by atoms with E-state index in [1.807, 2.05) is 49.1 Å². The lowest BCUT2D eigenvalue weighted by Crippen LogP contribution is -2.51. The van der Waals surface area contributed by atoms with Crippen molar-refractivity contribution < 1.29 is 4.79 Å². The van der Waals surface area contributed by atoms with Crippen molar-refractivity contribution in [3.63, 3.8) is 0 Å². The Hall–Kier alpha value is -2.53. The molecule has 3 rings (SSSR count). The lowest BCUT2D eigenvalue weighted by atomic mass is 10.0. The number of amides is 1. The van der Waals surface area contributed by atoms with Crippen LogP contribution in [0, 0.1) is 6.92 Å². The summed E-state index contributed by atoms with van der Waals surface area (Å²) in [7, 11) is 0. The van der Waals surface area contributed by atoms with Crippen LogP contribution in [0.4, 0.5) is 11.4 Å². The highest BCUT2D eigenvalue weighted by molar-refractivity contribution is 5.83. The molecule has 0 aliphatic carbocycles. The van der Waals surface area contributed by atoms with Crippen LogP contribution < -0.4 is 10.6 Å². The number of nitrogens with zero attached hydrogens (tertiary/aromatic N) is 3. The maximum atomic E-state index is 13.3. The lowest BCUT2D eigenvalue weighted by molar-refractivity contribution is -0.137. The van der Waals surface area contributed by atoms with Crippen LogP contribution in [0.3, 0.4) is 0 Å². The molecular weight excluding hydrogens is 348 g/mol. The van der Waals surface area contributed by atoms with Crippen LogP contribution in [-0.4, -0.2) is 55.0 Å². The van der Waals surface area contributed by atoms with E-state index in [4.69, 9.17) is 5.73 Å². The number of nitrogens with two attached hydrogens (primary N) is 1. The SMILES string of the molecule is CCN(CC)C(=O)C(c1ccccc1)N1CCN(c2ccc(N)cc2C)CC1. The number of likely N-dealkylation sites (N-methyl/N-ethyl adjacent to an activating group) is 1. The van der Waals surface area contributed by atoms with Gasteiger partial charge in [0.2, 0.25) is 5.91 Å². The number of piperazine rings is 1. The molecule has 0 aromatic heterocycles. The smallest absolute Gasteiger partial charge is 0.244 e. The standard InChI is InChI=1S/C23H32N4O/c1-4-25(5-2)23(28)22(19-9-7-6-8-10-19)27-15-13-26(14-16-27)21-12-11-20(24)17-18(21)3/h6-12,17,22H,4-5,13-16,24H2,1-3H3. The van der Waals surface area contributed by atoms with Gasteiger partial charge in [0.25, 0.3) is 0 Å². The number of nitrogen functional groups attached to an aromatic ring is 1. The van der Waals surface area contributed by atoms with Crippen molar-refractivity contribution in [1.82, 2.24) is 9.80 Å². The Balaban J connectivity index is 1.78. The average Bonchev–Trinajstić information content (AvgIpc) is 2.71. The number of rotatable bonds is 6. The second kappa shape index (κ2) is 9.11. The minimum Gasteiger partial charge on any atom is -0.399 e. The minimum atomic E-state index is -0.212. The van der Waals surface area contributed by atoms with Gasteiger partial charge in [-0.1, -0.05) is 30.3 Å². The van der Waals surface area contributed by atoms with Crippen LogP contribution in [-0.2, 0) is 4.79 Å². The zero-order chi connectivity index (χ0) is 20.1. The molecule has 5 nitrogen and oxygen atoms in total. The van der Waals surface area contributed by atoms with Crippen molar-refractivity contribution in [3.05, 3.63) is 59.7 Å². The second-order valence-electron chi connectivity index (χ2n) is 7.39.